The molecule has 0 saturated heterocycles. The second kappa shape index (κ2) is 5.31. The Morgan fingerprint density at radius 3 is 2.94 bits per heavy atom. The number of ether oxygens (including phenoxy) is 1. The summed E-state index contributed by atoms with van der Waals surface area (Å²) < 4.78 is 18.2. The number of halogens is 1. The number of benzene rings is 1. The number of nitrogens with zero attached hydrogens (tertiary/aromatic N) is 1. The van der Waals surface area contributed by atoms with E-state index in [0.717, 1.165) is 0 Å². The number of hydrogen-bond acceptors (Lipinski definition) is 3. The van der Waals surface area contributed by atoms with Gasteiger partial charge in [0.15, 0.2) is 5.69 Å². The summed E-state index contributed by atoms with van der Waals surface area (Å²) in [4.78, 5) is 10.6. The first-order valence-electron chi connectivity index (χ1n) is 5.31. The van der Waals surface area contributed by atoms with Crippen molar-refractivity contribution in [3.05, 3.63) is 47.5 Å². The van der Waals surface area contributed by atoms with Gasteiger partial charge in [-0.25, -0.2) is 9.18 Å². The van der Waals surface area contributed by atoms with E-state index < -0.39 is 5.97 Å². The molecule has 0 unspecified atom stereocenters. The lowest BCUT2D eigenvalue weighted by atomic mass is 10.3. The number of aromatic carboxylic acids is 1. The van der Waals surface area contributed by atoms with Crippen molar-refractivity contribution in [1.29, 1.82) is 0 Å². The average Bonchev–Trinajstić information content (AvgIpc) is 2.78. The van der Waals surface area contributed by atoms with E-state index in [4.69, 9.17) is 9.84 Å². The van der Waals surface area contributed by atoms with Crippen LogP contribution in [0, 0.1) is 5.82 Å². The fourth-order valence-electron chi connectivity index (χ4n) is 1.43. The molecule has 2 N–H and O–H groups in total. The monoisotopic (exact) mass is 250 g/mol. The molecule has 2 rings (SSSR count). The van der Waals surface area contributed by atoms with E-state index in [2.05, 4.69) is 10.2 Å². The smallest absolute Gasteiger partial charge is 0.356 e. The topological polar surface area (TPSA) is 75.2 Å². The summed E-state index contributed by atoms with van der Waals surface area (Å²) in [5.74, 6) is -1.00. The highest BCUT2D eigenvalue weighted by Crippen LogP contribution is 2.12. The van der Waals surface area contributed by atoms with Gasteiger partial charge in [-0.05, 0) is 18.2 Å². The summed E-state index contributed by atoms with van der Waals surface area (Å²) in [5.41, 5.74) is 0.625. The molecule has 0 spiro atoms. The second-order valence-electron chi connectivity index (χ2n) is 3.64. The number of carboxylic acid groups (broad SMARTS) is 1. The molecule has 94 valence electrons. The summed E-state index contributed by atoms with van der Waals surface area (Å²) in [5, 5.41) is 14.9. The third kappa shape index (κ3) is 3.07. The zero-order valence-corrected chi connectivity index (χ0v) is 9.39. The fourth-order valence-corrected chi connectivity index (χ4v) is 1.43. The minimum Gasteiger partial charge on any atom is -0.493 e. The van der Waals surface area contributed by atoms with Crippen LogP contribution in [-0.2, 0) is 6.42 Å². The maximum absolute atomic E-state index is 12.8. The standard InChI is InChI=1S/C12H11FN2O3/c13-8-2-1-3-10(6-8)18-5-4-9-7-11(12(16)17)15-14-9/h1-3,6-7H,4-5H2,(H,14,15)(H,16,17). The van der Waals surface area contributed by atoms with Crippen LogP contribution >= 0.6 is 0 Å². The van der Waals surface area contributed by atoms with Gasteiger partial charge in [-0.3, -0.25) is 5.10 Å². The van der Waals surface area contributed by atoms with Crippen molar-refractivity contribution in [3.8, 4) is 5.75 Å². The predicted octanol–water partition coefficient (Wildman–Crippen LogP) is 1.87. The molecule has 0 amide bonds. The summed E-state index contributed by atoms with van der Waals surface area (Å²) in [6.45, 7) is 0.310. The first kappa shape index (κ1) is 12.1. The minimum absolute atomic E-state index is 0.0317. The van der Waals surface area contributed by atoms with Crippen LogP contribution in [0.15, 0.2) is 30.3 Å². The molecule has 0 fully saturated rings. The quantitative estimate of drug-likeness (QED) is 0.849. The minimum atomic E-state index is -1.08. The molecule has 1 aromatic carbocycles. The lowest BCUT2D eigenvalue weighted by Gasteiger charge is -2.04. The van der Waals surface area contributed by atoms with Gasteiger partial charge in [0.05, 0.1) is 6.61 Å². The van der Waals surface area contributed by atoms with Gasteiger partial charge in [0.25, 0.3) is 0 Å². The van der Waals surface area contributed by atoms with Crippen LogP contribution in [0.5, 0.6) is 5.75 Å². The van der Waals surface area contributed by atoms with Crippen LogP contribution in [0.25, 0.3) is 0 Å². The SMILES string of the molecule is O=C(O)c1cc(CCOc2cccc(F)c2)[nH]n1. The van der Waals surface area contributed by atoms with E-state index in [1.165, 1.54) is 18.2 Å². The molecule has 0 bridgehead atoms. The van der Waals surface area contributed by atoms with Gasteiger partial charge in [0.1, 0.15) is 11.6 Å². The zero-order valence-electron chi connectivity index (χ0n) is 9.39. The van der Waals surface area contributed by atoms with Crippen molar-refractivity contribution < 1.29 is 19.0 Å². The van der Waals surface area contributed by atoms with E-state index in [0.29, 0.717) is 24.5 Å². The van der Waals surface area contributed by atoms with Gasteiger partial charge in [-0.1, -0.05) is 6.07 Å². The number of carbonyl (C=O) groups is 1. The Balaban J connectivity index is 1.86. The molecule has 2 aromatic rings. The third-order valence-corrected chi connectivity index (χ3v) is 2.29. The summed E-state index contributed by atoms with van der Waals surface area (Å²) in [6, 6.07) is 7.27. The molecular formula is C12H11FN2O3. The molecule has 1 aromatic heterocycles. The molecule has 0 aliphatic carbocycles. The summed E-state index contributed by atoms with van der Waals surface area (Å²) in [6.07, 6.45) is 0.469. The van der Waals surface area contributed by atoms with Crippen LogP contribution in [-0.4, -0.2) is 27.9 Å². The first-order valence-corrected chi connectivity index (χ1v) is 5.31. The molecule has 0 saturated carbocycles. The molecule has 0 atom stereocenters. The Morgan fingerprint density at radius 2 is 2.28 bits per heavy atom. The maximum atomic E-state index is 12.8. The largest absolute Gasteiger partial charge is 0.493 e. The predicted molar refractivity (Wildman–Crippen MR) is 61.1 cm³/mol. The van der Waals surface area contributed by atoms with Crippen molar-refractivity contribution >= 4 is 5.97 Å². The van der Waals surface area contributed by atoms with E-state index >= 15 is 0 Å². The molecule has 0 radical (unpaired) electrons. The highest BCUT2D eigenvalue weighted by molar-refractivity contribution is 5.85. The Kier molecular flexibility index (Phi) is 3.57. The van der Waals surface area contributed by atoms with E-state index in [-0.39, 0.29) is 11.5 Å². The zero-order chi connectivity index (χ0) is 13.0. The number of aromatic nitrogens is 2. The van der Waals surface area contributed by atoms with Crippen molar-refractivity contribution in [2.24, 2.45) is 0 Å². The molecule has 5 nitrogen and oxygen atoms in total. The number of carboxylic acids is 1. The number of hydrogen-bond donors (Lipinski definition) is 2. The van der Waals surface area contributed by atoms with Gasteiger partial charge in [0, 0.05) is 18.2 Å². The van der Waals surface area contributed by atoms with Gasteiger partial charge < -0.3 is 9.84 Å². The highest BCUT2D eigenvalue weighted by atomic mass is 19.1. The Morgan fingerprint density at radius 1 is 1.44 bits per heavy atom. The highest BCUT2D eigenvalue weighted by Gasteiger charge is 2.07. The molecule has 6 heteroatoms. The molecule has 18 heavy (non-hydrogen) atoms. The lowest BCUT2D eigenvalue weighted by Crippen LogP contribution is -2.01. The van der Waals surface area contributed by atoms with Gasteiger partial charge in [0.2, 0.25) is 0 Å². The van der Waals surface area contributed by atoms with Gasteiger partial charge in [-0.2, -0.15) is 5.10 Å². The van der Waals surface area contributed by atoms with E-state index in [9.17, 15) is 9.18 Å². The average molecular weight is 250 g/mol. The summed E-state index contributed by atoms with van der Waals surface area (Å²) in [7, 11) is 0. The van der Waals surface area contributed by atoms with Crippen LogP contribution < -0.4 is 4.74 Å². The van der Waals surface area contributed by atoms with Crippen molar-refractivity contribution in [2.45, 2.75) is 6.42 Å². The molecular weight excluding hydrogens is 239 g/mol. The lowest BCUT2D eigenvalue weighted by molar-refractivity contribution is 0.0690. The van der Waals surface area contributed by atoms with Crippen LogP contribution in [0.2, 0.25) is 0 Å². The van der Waals surface area contributed by atoms with E-state index in [1.807, 2.05) is 0 Å². The molecule has 0 aliphatic heterocycles. The Hall–Kier alpha value is -2.37. The Labute approximate surface area is 102 Å². The first-order chi connectivity index (χ1) is 8.65. The second-order valence-corrected chi connectivity index (χ2v) is 3.64. The molecule has 0 aliphatic rings. The molecule has 1 heterocycles. The maximum Gasteiger partial charge on any atom is 0.356 e. The van der Waals surface area contributed by atoms with Crippen molar-refractivity contribution in [2.75, 3.05) is 6.61 Å². The number of rotatable bonds is 5. The van der Waals surface area contributed by atoms with Gasteiger partial charge in [-0.15, -0.1) is 0 Å². The number of nitrogens with one attached hydrogen (secondary N) is 1. The summed E-state index contributed by atoms with van der Waals surface area (Å²) >= 11 is 0. The van der Waals surface area contributed by atoms with Crippen LogP contribution in [0.1, 0.15) is 16.2 Å². The van der Waals surface area contributed by atoms with Crippen molar-refractivity contribution in [1.82, 2.24) is 10.2 Å². The number of H-pyrrole nitrogens is 1. The number of aromatic amines is 1. The van der Waals surface area contributed by atoms with Crippen LogP contribution in [0.3, 0.4) is 0 Å². The normalized spacial score (nSPS) is 10.3. The van der Waals surface area contributed by atoms with Crippen LogP contribution in [0.4, 0.5) is 4.39 Å². The third-order valence-electron chi connectivity index (χ3n) is 2.29. The van der Waals surface area contributed by atoms with E-state index in [1.54, 1.807) is 12.1 Å². The fraction of sp³-hybridized carbons (Fsp3) is 0.167. The Bertz CT molecular complexity index is 554. The van der Waals surface area contributed by atoms with Gasteiger partial charge >= 0.3 is 5.97 Å². The van der Waals surface area contributed by atoms with Crippen molar-refractivity contribution in [3.63, 3.8) is 0 Å².